The molecule has 0 fully saturated rings. The van der Waals surface area contributed by atoms with Crippen LogP contribution < -0.4 is 19.1 Å². The van der Waals surface area contributed by atoms with E-state index in [9.17, 15) is 17.6 Å². The molecule has 0 saturated carbocycles. The van der Waals surface area contributed by atoms with Crippen LogP contribution in [-0.2, 0) is 14.8 Å². The summed E-state index contributed by atoms with van der Waals surface area (Å²) < 4.78 is 52.6. The van der Waals surface area contributed by atoms with E-state index in [1.54, 1.807) is 0 Å². The maximum Gasteiger partial charge on any atom is 0.264 e. The van der Waals surface area contributed by atoms with Crippen molar-refractivity contribution in [1.82, 2.24) is 5.32 Å². The highest BCUT2D eigenvalue weighted by molar-refractivity contribution is 7.92. The van der Waals surface area contributed by atoms with E-state index in [1.165, 1.54) is 30.3 Å². The fraction of sp³-hybridized carbons (Fsp3) is 0.240. The van der Waals surface area contributed by atoms with Crippen molar-refractivity contribution in [2.24, 2.45) is 0 Å². The molecule has 3 aromatic rings. The first-order chi connectivity index (χ1) is 16.2. The highest BCUT2D eigenvalue weighted by atomic mass is 32.2. The molecular formula is C25H25FN2O5S. The second-order valence-corrected chi connectivity index (χ2v) is 9.86. The Labute approximate surface area is 198 Å². The summed E-state index contributed by atoms with van der Waals surface area (Å²) in [5.41, 5.74) is 2.15. The molecule has 34 heavy (non-hydrogen) atoms. The minimum Gasteiger partial charge on any atom is -0.486 e. The van der Waals surface area contributed by atoms with Gasteiger partial charge in [0.1, 0.15) is 25.6 Å². The molecule has 0 bridgehead atoms. The van der Waals surface area contributed by atoms with Gasteiger partial charge in [0.15, 0.2) is 11.5 Å². The van der Waals surface area contributed by atoms with Crippen LogP contribution in [0.3, 0.4) is 0 Å². The zero-order valence-electron chi connectivity index (χ0n) is 18.8. The monoisotopic (exact) mass is 484 g/mol. The Morgan fingerprint density at radius 3 is 2.32 bits per heavy atom. The van der Waals surface area contributed by atoms with Crippen LogP contribution >= 0.6 is 0 Å². The Hall–Kier alpha value is -3.59. The zero-order valence-corrected chi connectivity index (χ0v) is 19.6. The van der Waals surface area contributed by atoms with Gasteiger partial charge in [0.05, 0.1) is 16.6 Å². The van der Waals surface area contributed by atoms with E-state index in [0.717, 1.165) is 27.6 Å². The standard InChI is InChI=1S/C25H25FN2O5S/c1-17-3-5-19(6-4-17)18(2)27-25(29)16-28(21-9-7-20(26)8-10-21)34(30,31)22-11-12-23-24(15-22)33-14-13-32-23/h3-12,15,18H,13-14,16H2,1-2H3,(H,27,29)/t18-/m1/s1. The molecular weight excluding hydrogens is 459 g/mol. The molecule has 0 unspecified atom stereocenters. The molecule has 4 rings (SSSR count). The Bertz CT molecular complexity index is 1280. The van der Waals surface area contributed by atoms with Crippen molar-refractivity contribution in [3.63, 3.8) is 0 Å². The lowest BCUT2D eigenvalue weighted by Crippen LogP contribution is -2.41. The lowest BCUT2D eigenvalue weighted by atomic mass is 10.1. The molecule has 178 valence electrons. The summed E-state index contributed by atoms with van der Waals surface area (Å²) in [4.78, 5) is 12.9. The predicted octanol–water partition coefficient (Wildman–Crippen LogP) is 3.98. The van der Waals surface area contributed by atoms with E-state index in [2.05, 4.69) is 5.32 Å². The molecule has 0 saturated heterocycles. The van der Waals surface area contributed by atoms with Crippen molar-refractivity contribution in [1.29, 1.82) is 0 Å². The van der Waals surface area contributed by atoms with Gasteiger partial charge in [-0.3, -0.25) is 9.10 Å². The lowest BCUT2D eigenvalue weighted by Gasteiger charge is -2.26. The number of nitrogens with zero attached hydrogens (tertiary/aromatic N) is 1. The Morgan fingerprint density at radius 2 is 1.65 bits per heavy atom. The number of halogens is 1. The quantitative estimate of drug-likeness (QED) is 0.549. The number of aryl methyl sites for hydroxylation is 1. The third kappa shape index (κ3) is 5.14. The summed E-state index contributed by atoms with van der Waals surface area (Å²) in [6.45, 7) is 3.98. The number of fused-ring (bicyclic) bond motifs is 1. The van der Waals surface area contributed by atoms with Crippen molar-refractivity contribution in [2.45, 2.75) is 24.8 Å². The normalized spacial score (nSPS) is 13.7. The van der Waals surface area contributed by atoms with Gasteiger partial charge in [-0.1, -0.05) is 29.8 Å². The van der Waals surface area contributed by atoms with Crippen molar-refractivity contribution in [3.05, 3.63) is 83.7 Å². The van der Waals surface area contributed by atoms with Crippen LogP contribution in [0.2, 0.25) is 0 Å². The van der Waals surface area contributed by atoms with Crippen LogP contribution in [0.25, 0.3) is 0 Å². The molecule has 1 aliphatic heterocycles. The summed E-state index contributed by atoms with van der Waals surface area (Å²) in [5.74, 6) is -0.261. The second kappa shape index (κ2) is 9.72. The predicted molar refractivity (Wildman–Crippen MR) is 126 cm³/mol. The average molecular weight is 485 g/mol. The van der Waals surface area contributed by atoms with Crippen LogP contribution in [0.4, 0.5) is 10.1 Å². The van der Waals surface area contributed by atoms with Crippen LogP contribution in [0.1, 0.15) is 24.1 Å². The molecule has 0 aromatic heterocycles. The van der Waals surface area contributed by atoms with Gasteiger partial charge >= 0.3 is 0 Å². The molecule has 9 heteroatoms. The topological polar surface area (TPSA) is 84.9 Å². The van der Waals surface area contributed by atoms with Crippen molar-refractivity contribution < 1.29 is 27.1 Å². The van der Waals surface area contributed by atoms with E-state index in [-0.39, 0.29) is 16.6 Å². The third-order valence-corrected chi connectivity index (χ3v) is 7.23. The van der Waals surface area contributed by atoms with Crippen LogP contribution in [0.15, 0.2) is 71.6 Å². The number of benzene rings is 3. The fourth-order valence-corrected chi connectivity index (χ4v) is 5.03. The first-order valence-electron chi connectivity index (χ1n) is 10.8. The molecule has 0 aliphatic carbocycles. The Morgan fingerprint density at radius 1 is 1.00 bits per heavy atom. The first-order valence-corrected chi connectivity index (χ1v) is 12.2. The van der Waals surface area contributed by atoms with Gasteiger partial charge in [-0.2, -0.15) is 0 Å². The number of hydrogen-bond acceptors (Lipinski definition) is 5. The van der Waals surface area contributed by atoms with E-state index < -0.39 is 28.3 Å². The van der Waals surface area contributed by atoms with Crippen molar-refractivity contribution in [2.75, 3.05) is 24.1 Å². The van der Waals surface area contributed by atoms with Gasteiger partial charge in [0.2, 0.25) is 5.91 Å². The Balaban J connectivity index is 1.62. The fourth-order valence-electron chi connectivity index (χ4n) is 3.59. The van der Waals surface area contributed by atoms with Gasteiger partial charge in [-0.25, -0.2) is 12.8 Å². The van der Waals surface area contributed by atoms with Crippen LogP contribution in [0.5, 0.6) is 11.5 Å². The summed E-state index contributed by atoms with van der Waals surface area (Å²) in [6, 6.07) is 16.6. The van der Waals surface area contributed by atoms with Gasteiger partial charge in [-0.05, 0) is 55.8 Å². The molecule has 1 atom stereocenters. The summed E-state index contributed by atoms with van der Waals surface area (Å²) in [7, 11) is -4.19. The summed E-state index contributed by atoms with van der Waals surface area (Å²) in [5, 5.41) is 2.84. The number of nitrogens with one attached hydrogen (secondary N) is 1. The number of rotatable bonds is 7. The maximum atomic E-state index is 13.6. The number of sulfonamides is 1. The van der Waals surface area contributed by atoms with Gasteiger partial charge in [0, 0.05) is 6.07 Å². The van der Waals surface area contributed by atoms with Gasteiger partial charge in [-0.15, -0.1) is 0 Å². The Kier molecular flexibility index (Phi) is 6.74. The van der Waals surface area contributed by atoms with Crippen molar-refractivity contribution >= 4 is 21.6 Å². The van der Waals surface area contributed by atoms with Crippen LogP contribution in [0, 0.1) is 12.7 Å². The highest BCUT2D eigenvalue weighted by Crippen LogP contribution is 2.34. The van der Waals surface area contributed by atoms with E-state index >= 15 is 0 Å². The van der Waals surface area contributed by atoms with Gasteiger partial charge < -0.3 is 14.8 Å². The lowest BCUT2D eigenvalue weighted by molar-refractivity contribution is -0.120. The van der Waals surface area contributed by atoms with E-state index in [4.69, 9.17) is 9.47 Å². The first kappa shape index (κ1) is 23.6. The number of anilines is 1. The number of hydrogen-bond donors (Lipinski definition) is 1. The minimum absolute atomic E-state index is 0.0690. The largest absolute Gasteiger partial charge is 0.486 e. The minimum atomic E-state index is -4.19. The molecule has 0 spiro atoms. The summed E-state index contributed by atoms with van der Waals surface area (Å²) >= 11 is 0. The number of carbonyl (C=O) groups excluding carboxylic acids is 1. The maximum absolute atomic E-state index is 13.6. The van der Waals surface area contributed by atoms with E-state index in [0.29, 0.717) is 24.7 Å². The highest BCUT2D eigenvalue weighted by Gasteiger charge is 2.29. The molecule has 3 aromatic carbocycles. The molecule has 0 radical (unpaired) electrons. The van der Waals surface area contributed by atoms with Crippen molar-refractivity contribution in [3.8, 4) is 11.5 Å². The number of amides is 1. The molecule has 1 N–H and O–H groups in total. The zero-order chi connectivity index (χ0) is 24.3. The van der Waals surface area contributed by atoms with Crippen LogP contribution in [-0.4, -0.2) is 34.1 Å². The second-order valence-electron chi connectivity index (χ2n) is 7.99. The SMILES string of the molecule is Cc1ccc([C@@H](C)NC(=O)CN(c2ccc(F)cc2)S(=O)(=O)c2ccc3c(c2)OCCO3)cc1. The number of ether oxygens (including phenoxy) is 2. The smallest absolute Gasteiger partial charge is 0.264 e. The molecule has 1 aliphatic rings. The van der Waals surface area contributed by atoms with E-state index in [1.807, 2.05) is 38.1 Å². The third-order valence-electron chi connectivity index (χ3n) is 5.46. The average Bonchev–Trinajstić information content (AvgIpc) is 2.83. The molecule has 1 amide bonds. The molecule has 1 heterocycles. The summed E-state index contributed by atoms with van der Waals surface area (Å²) in [6.07, 6.45) is 0. The van der Waals surface area contributed by atoms with Gasteiger partial charge in [0.25, 0.3) is 10.0 Å². The number of carbonyl (C=O) groups is 1. The molecule has 7 nitrogen and oxygen atoms in total.